The molecule has 0 N–H and O–H groups in total. The first-order valence-corrected chi connectivity index (χ1v) is 6.09. The molecule has 0 radical (unpaired) electrons. The molecule has 2 nitrogen and oxygen atoms in total. The molecule has 2 aliphatic carbocycles. The van der Waals surface area contributed by atoms with Crippen LogP contribution in [0, 0.1) is 10.8 Å². The van der Waals surface area contributed by atoms with Gasteiger partial charge in [-0.25, -0.2) is 4.79 Å². The first-order valence-electron chi connectivity index (χ1n) is 6.09. The van der Waals surface area contributed by atoms with Crippen LogP contribution < -0.4 is 0 Å². The normalized spacial score (nSPS) is 39.7. The van der Waals surface area contributed by atoms with Crippen LogP contribution in [-0.4, -0.2) is 12.1 Å². The summed E-state index contributed by atoms with van der Waals surface area (Å²) in [5.74, 6) is -0.0872. The van der Waals surface area contributed by atoms with Gasteiger partial charge in [-0.2, -0.15) is 0 Å². The van der Waals surface area contributed by atoms with Crippen molar-refractivity contribution in [3.63, 3.8) is 0 Å². The van der Waals surface area contributed by atoms with Crippen molar-refractivity contribution in [3.8, 4) is 0 Å². The van der Waals surface area contributed by atoms with E-state index in [0.717, 1.165) is 24.8 Å². The maximum absolute atomic E-state index is 11.8. The standard InChI is InChI=1S/C14H18O2/c1-13(2)8-7-11-14(3)9(12(15)16-11)5-4-6-10(13)14/h5-6,11H,4,7-8H2,1-3H3/t11-,14+/m0/s1. The summed E-state index contributed by atoms with van der Waals surface area (Å²) in [5, 5.41) is 0. The van der Waals surface area contributed by atoms with Crippen molar-refractivity contribution in [1.29, 1.82) is 0 Å². The molecule has 16 heavy (non-hydrogen) atoms. The van der Waals surface area contributed by atoms with Crippen LogP contribution in [0.5, 0.6) is 0 Å². The molecule has 1 saturated carbocycles. The molecular formula is C14H18O2. The van der Waals surface area contributed by atoms with Crippen LogP contribution >= 0.6 is 0 Å². The number of rotatable bonds is 0. The Bertz CT molecular complexity index is 428. The van der Waals surface area contributed by atoms with Crippen molar-refractivity contribution < 1.29 is 9.53 Å². The van der Waals surface area contributed by atoms with Crippen molar-refractivity contribution in [2.45, 2.75) is 46.1 Å². The van der Waals surface area contributed by atoms with Gasteiger partial charge >= 0.3 is 5.97 Å². The predicted molar refractivity (Wildman–Crippen MR) is 61.8 cm³/mol. The highest BCUT2D eigenvalue weighted by molar-refractivity contribution is 5.94. The average Bonchev–Trinajstić information content (AvgIpc) is 2.46. The molecule has 1 saturated heterocycles. The van der Waals surface area contributed by atoms with Crippen molar-refractivity contribution in [1.82, 2.24) is 0 Å². The first-order chi connectivity index (χ1) is 7.46. The molecule has 2 atom stereocenters. The van der Waals surface area contributed by atoms with Crippen LogP contribution in [0.15, 0.2) is 23.3 Å². The SMILES string of the molecule is CC1(C)CC[C@@H]2OC(=O)C3=CCC=C1[C@@]32C. The third-order valence-corrected chi connectivity index (χ3v) is 4.64. The topological polar surface area (TPSA) is 26.3 Å². The molecule has 1 aliphatic heterocycles. The zero-order valence-corrected chi connectivity index (χ0v) is 10.2. The van der Waals surface area contributed by atoms with Crippen molar-refractivity contribution >= 4 is 5.97 Å². The molecule has 0 aromatic carbocycles. The molecule has 0 aromatic rings. The van der Waals surface area contributed by atoms with Crippen LogP contribution in [0.2, 0.25) is 0 Å². The minimum Gasteiger partial charge on any atom is -0.458 e. The van der Waals surface area contributed by atoms with Gasteiger partial charge in [0, 0.05) is 5.57 Å². The molecule has 0 bridgehead atoms. The molecule has 0 spiro atoms. The predicted octanol–water partition coefficient (Wildman–Crippen LogP) is 2.99. The Labute approximate surface area is 96.4 Å². The van der Waals surface area contributed by atoms with Gasteiger partial charge in [-0.3, -0.25) is 0 Å². The fourth-order valence-electron chi connectivity index (χ4n) is 3.77. The van der Waals surface area contributed by atoms with Crippen LogP contribution in [0.25, 0.3) is 0 Å². The molecule has 3 rings (SSSR count). The summed E-state index contributed by atoms with van der Waals surface area (Å²) >= 11 is 0. The van der Waals surface area contributed by atoms with Crippen LogP contribution in [0.3, 0.4) is 0 Å². The van der Waals surface area contributed by atoms with Gasteiger partial charge < -0.3 is 4.74 Å². The third-order valence-electron chi connectivity index (χ3n) is 4.64. The molecule has 0 aromatic heterocycles. The summed E-state index contributed by atoms with van der Waals surface area (Å²) in [5.41, 5.74) is 2.39. The van der Waals surface area contributed by atoms with E-state index in [0.29, 0.717) is 0 Å². The van der Waals surface area contributed by atoms with E-state index in [2.05, 4.69) is 26.8 Å². The van der Waals surface area contributed by atoms with E-state index in [1.165, 1.54) is 5.57 Å². The van der Waals surface area contributed by atoms with Gasteiger partial charge in [-0.1, -0.05) is 31.6 Å². The lowest BCUT2D eigenvalue weighted by atomic mass is 9.56. The molecule has 2 heteroatoms. The molecular weight excluding hydrogens is 200 g/mol. The number of carbonyl (C=O) groups is 1. The van der Waals surface area contributed by atoms with Crippen molar-refractivity contribution in [3.05, 3.63) is 23.3 Å². The second kappa shape index (κ2) is 2.79. The number of allylic oxidation sites excluding steroid dienone is 2. The minimum atomic E-state index is -0.142. The van der Waals surface area contributed by atoms with Crippen molar-refractivity contribution in [2.75, 3.05) is 0 Å². The van der Waals surface area contributed by atoms with Crippen LogP contribution in [0.1, 0.15) is 40.0 Å². The Hall–Kier alpha value is -1.05. The zero-order valence-electron chi connectivity index (χ0n) is 10.2. The third kappa shape index (κ3) is 1.00. The number of hydrogen-bond acceptors (Lipinski definition) is 2. The summed E-state index contributed by atoms with van der Waals surface area (Å²) in [7, 11) is 0. The van der Waals surface area contributed by atoms with Crippen molar-refractivity contribution in [2.24, 2.45) is 10.8 Å². The smallest absolute Gasteiger partial charge is 0.335 e. The Morgan fingerprint density at radius 3 is 2.81 bits per heavy atom. The summed E-state index contributed by atoms with van der Waals surface area (Å²) in [6.45, 7) is 6.75. The highest BCUT2D eigenvalue weighted by Gasteiger charge is 2.58. The lowest BCUT2D eigenvalue weighted by Gasteiger charge is -2.47. The van der Waals surface area contributed by atoms with E-state index >= 15 is 0 Å². The maximum Gasteiger partial charge on any atom is 0.335 e. The van der Waals surface area contributed by atoms with Crippen LogP contribution in [0.4, 0.5) is 0 Å². The minimum absolute atomic E-state index is 0.0748. The fraction of sp³-hybridized carbons (Fsp3) is 0.643. The molecule has 0 amide bonds. The van der Waals surface area contributed by atoms with E-state index in [4.69, 9.17) is 4.74 Å². The number of esters is 1. The van der Waals surface area contributed by atoms with Gasteiger partial charge in [0.2, 0.25) is 0 Å². The van der Waals surface area contributed by atoms with Gasteiger partial charge in [0.1, 0.15) is 6.10 Å². The van der Waals surface area contributed by atoms with E-state index in [-0.39, 0.29) is 22.9 Å². The molecule has 86 valence electrons. The Morgan fingerprint density at radius 2 is 2.06 bits per heavy atom. The second-order valence-corrected chi connectivity index (χ2v) is 5.99. The monoisotopic (exact) mass is 218 g/mol. The van der Waals surface area contributed by atoms with E-state index in [1.54, 1.807) is 0 Å². The van der Waals surface area contributed by atoms with Gasteiger partial charge in [0.15, 0.2) is 0 Å². The van der Waals surface area contributed by atoms with Gasteiger partial charge in [-0.15, -0.1) is 0 Å². The Morgan fingerprint density at radius 1 is 1.31 bits per heavy atom. The summed E-state index contributed by atoms with van der Waals surface area (Å²) in [6, 6.07) is 0. The second-order valence-electron chi connectivity index (χ2n) is 5.99. The Kier molecular flexibility index (Phi) is 1.77. The molecule has 1 heterocycles. The number of carbonyl (C=O) groups excluding carboxylic acids is 1. The van der Waals surface area contributed by atoms with E-state index in [9.17, 15) is 4.79 Å². The summed E-state index contributed by atoms with van der Waals surface area (Å²) in [6.07, 6.45) is 7.41. The molecule has 2 fully saturated rings. The molecule has 0 unspecified atom stereocenters. The Balaban J connectivity index is 2.18. The highest BCUT2D eigenvalue weighted by Crippen LogP contribution is 2.59. The van der Waals surface area contributed by atoms with Gasteiger partial charge in [-0.05, 0) is 31.6 Å². The van der Waals surface area contributed by atoms with Gasteiger partial charge in [0.25, 0.3) is 0 Å². The maximum atomic E-state index is 11.8. The lowest BCUT2D eigenvalue weighted by molar-refractivity contribution is -0.140. The van der Waals surface area contributed by atoms with E-state index < -0.39 is 0 Å². The zero-order chi connectivity index (χ0) is 11.6. The summed E-state index contributed by atoms with van der Waals surface area (Å²) in [4.78, 5) is 11.8. The first kappa shape index (κ1) is 10.1. The molecule has 3 aliphatic rings. The van der Waals surface area contributed by atoms with Crippen LogP contribution in [-0.2, 0) is 9.53 Å². The largest absolute Gasteiger partial charge is 0.458 e. The number of hydrogen-bond donors (Lipinski definition) is 0. The number of ether oxygens (including phenoxy) is 1. The fourth-order valence-corrected chi connectivity index (χ4v) is 3.77. The summed E-state index contributed by atoms with van der Waals surface area (Å²) < 4.78 is 5.53. The lowest BCUT2D eigenvalue weighted by Crippen LogP contribution is -2.43. The van der Waals surface area contributed by atoms with E-state index in [1.807, 2.05) is 6.08 Å². The van der Waals surface area contributed by atoms with Gasteiger partial charge in [0.05, 0.1) is 5.41 Å². The highest BCUT2D eigenvalue weighted by atomic mass is 16.6. The quantitative estimate of drug-likeness (QED) is 0.461. The average molecular weight is 218 g/mol.